The van der Waals surface area contributed by atoms with E-state index in [1.807, 2.05) is 49.4 Å². The first-order chi connectivity index (χ1) is 15.1. The molecule has 1 fully saturated rings. The maximum Gasteiger partial charge on any atom is 0.282 e. The van der Waals surface area contributed by atoms with Gasteiger partial charge >= 0.3 is 0 Å². The average molecular weight is 431 g/mol. The van der Waals surface area contributed by atoms with Crippen molar-refractivity contribution in [1.29, 1.82) is 0 Å². The second kappa shape index (κ2) is 8.23. The molecule has 2 aliphatic rings. The summed E-state index contributed by atoms with van der Waals surface area (Å²) in [5, 5.41) is 0. The molecule has 4 rings (SSSR count). The lowest BCUT2D eigenvalue weighted by molar-refractivity contribution is -0.120. The van der Waals surface area contributed by atoms with Crippen LogP contribution in [0.25, 0.3) is 5.57 Å². The summed E-state index contributed by atoms with van der Waals surface area (Å²) in [6.07, 6.45) is 2.19. The van der Waals surface area contributed by atoms with Gasteiger partial charge in [0.2, 0.25) is 0 Å². The first-order valence-electron chi connectivity index (χ1n) is 11.6. The third kappa shape index (κ3) is 3.99. The van der Waals surface area contributed by atoms with Crippen LogP contribution in [0.3, 0.4) is 0 Å². The maximum absolute atomic E-state index is 13.8. The third-order valence-electron chi connectivity index (χ3n) is 6.82. The van der Waals surface area contributed by atoms with Gasteiger partial charge in [0.25, 0.3) is 11.8 Å². The number of imide groups is 1. The number of hydrogen-bond donors (Lipinski definition) is 0. The molecular formula is C28H34N2O2. The molecule has 0 aliphatic carbocycles. The summed E-state index contributed by atoms with van der Waals surface area (Å²) >= 11 is 0. The number of anilines is 1. The molecule has 4 nitrogen and oxygen atoms in total. The minimum Gasteiger partial charge on any atom is -0.366 e. The maximum atomic E-state index is 13.8. The fourth-order valence-corrected chi connectivity index (χ4v) is 4.71. The molecule has 0 aromatic heterocycles. The molecule has 0 saturated carbocycles. The summed E-state index contributed by atoms with van der Waals surface area (Å²) in [5.41, 5.74) is 6.03. The van der Waals surface area contributed by atoms with E-state index in [0.717, 1.165) is 37.1 Å². The van der Waals surface area contributed by atoms with Gasteiger partial charge in [0, 0.05) is 13.1 Å². The van der Waals surface area contributed by atoms with Gasteiger partial charge in [-0.2, -0.15) is 0 Å². The van der Waals surface area contributed by atoms with Gasteiger partial charge in [0.1, 0.15) is 5.70 Å². The number of amides is 2. The molecule has 0 radical (unpaired) electrons. The highest BCUT2D eigenvalue weighted by molar-refractivity contribution is 6.45. The smallest absolute Gasteiger partial charge is 0.282 e. The minimum absolute atomic E-state index is 0.00942. The van der Waals surface area contributed by atoms with Crippen molar-refractivity contribution in [3.8, 4) is 0 Å². The van der Waals surface area contributed by atoms with Crippen molar-refractivity contribution in [1.82, 2.24) is 4.90 Å². The zero-order chi connectivity index (χ0) is 23.2. The van der Waals surface area contributed by atoms with Gasteiger partial charge in [-0.3, -0.25) is 9.59 Å². The molecule has 4 heteroatoms. The minimum atomic E-state index is -0.227. The molecule has 0 spiro atoms. The van der Waals surface area contributed by atoms with Crippen molar-refractivity contribution in [2.75, 3.05) is 18.0 Å². The summed E-state index contributed by atoms with van der Waals surface area (Å²) in [4.78, 5) is 31.0. The van der Waals surface area contributed by atoms with Crippen LogP contribution in [0.1, 0.15) is 62.8 Å². The zero-order valence-corrected chi connectivity index (χ0v) is 20.2. The van der Waals surface area contributed by atoms with E-state index in [4.69, 9.17) is 0 Å². The predicted octanol–water partition coefficient (Wildman–Crippen LogP) is 5.62. The Morgan fingerprint density at radius 1 is 0.906 bits per heavy atom. The number of rotatable bonds is 3. The molecule has 2 amide bonds. The summed E-state index contributed by atoms with van der Waals surface area (Å²) in [5.74, 6) is 0.0658. The lowest BCUT2D eigenvalue weighted by Crippen LogP contribution is -2.39. The fraction of sp³-hybridized carbons (Fsp3) is 0.429. The molecule has 2 aromatic rings. The van der Waals surface area contributed by atoms with Gasteiger partial charge in [0.15, 0.2) is 0 Å². The monoisotopic (exact) mass is 430 g/mol. The van der Waals surface area contributed by atoms with Crippen molar-refractivity contribution in [3.63, 3.8) is 0 Å². The van der Waals surface area contributed by atoms with E-state index in [-0.39, 0.29) is 17.2 Å². The number of benzene rings is 2. The second-order valence-electron chi connectivity index (χ2n) is 10.5. The summed E-state index contributed by atoms with van der Waals surface area (Å²) in [6.45, 7) is 14.4. The van der Waals surface area contributed by atoms with Gasteiger partial charge in [-0.1, -0.05) is 58.0 Å². The fourth-order valence-electron chi connectivity index (χ4n) is 4.71. The van der Waals surface area contributed by atoms with Crippen LogP contribution in [-0.4, -0.2) is 29.8 Å². The summed E-state index contributed by atoms with van der Waals surface area (Å²) < 4.78 is 0. The standard InChI is InChI=1S/C28H34N2O2/c1-18-8-7-15-29(17-18)25-24(21-10-9-19(2)20(3)16-21)26(31)30(27(25)32)23-13-11-22(12-14-23)28(4,5)6/h9-14,16,18H,7-8,15,17H2,1-6H3. The molecule has 0 N–H and O–H groups in total. The van der Waals surface area contributed by atoms with Crippen LogP contribution < -0.4 is 4.90 Å². The zero-order valence-electron chi connectivity index (χ0n) is 20.2. The van der Waals surface area contributed by atoms with E-state index in [9.17, 15) is 9.59 Å². The Hall–Kier alpha value is -2.88. The van der Waals surface area contributed by atoms with Crippen LogP contribution in [0, 0.1) is 19.8 Å². The van der Waals surface area contributed by atoms with Crippen LogP contribution >= 0.6 is 0 Å². The molecule has 1 unspecified atom stereocenters. The number of nitrogens with zero attached hydrogens (tertiary/aromatic N) is 2. The first kappa shape index (κ1) is 22.3. The summed E-state index contributed by atoms with van der Waals surface area (Å²) in [6, 6.07) is 13.9. The number of aryl methyl sites for hydroxylation is 2. The van der Waals surface area contributed by atoms with Crippen molar-refractivity contribution in [2.24, 2.45) is 5.92 Å². The van der Waals surface area contributed by atoms with Crippen molar-refractivity contribution >= 4 is 23.1 Å². The Morgan fingerprint density at radius 3 is 2.19 bits per heavy atom. The average Bonchev–Trinajstić information content (AvgIpc) is 2.99. The number of carbonyl (C=O) groups is 2. The predicted molar refractivity (Wildman–Crippen MR) is 130 cm³/mol. The lowest BCUT2D eigenvalue weighted by atomic mass is 9.87. The molecule has 1 atom stereocenters. The van der Waals surface area contributed by atoms with E-state index in [2.05, 4.69) is 39.5 Å². The molecule has 2 aromatic carbocycles. The normalized spacial score (nSPS) is 19.9. The molecule has 1 saturated heterocycles. The van der Waals surface area contributed by atoms with Crippen LogP contribution in [0.5, 0.6) is 0 Å². The number of likely N-dealkylation sites (tertiary alicyclic amines) is 1. The largest absolute Gasteiger partial charge is 0.366 e. The van der Waals surface area contributed by atoms with Gasteiger partial charge in [-0.15, -0.1) is 0 Å². The quantitative estimate of drug-likeness (QED) is 0.594. The molecular weight excluding hydrogens is 396 g/mol. The van der Waals surface area contributed by atoms with Crippen LogP contribution in [0.4, 0.5) is 5.69 Å². The Kier molecular flexibility index (Phi) is 5.74. The highest BCUT2D eigenvalue weighted by atomic mass is 16.2. The third-order valence-corrected chi connectivity index (χ3v) is 6.82. The number of carbonyl (C=O) groups excluding carboxylic acids is 2. The second-order valence-corrected chi connectivity index (χ2v) is 10.5. The SMILES string of the molecule is Cc1ccc(C2=C(N3CCCC(C)C3)C(=O)N(c3ccc(C(C)(C)C)cc3)C2=O)cc1C. The Labute approximate surface area is 191 Å². The highest BCUT2D eigenvalue weighted by Crippen LogP contribution is 2.37. The van der Waals surface area contributed by atoms with E-state index >= 15 is 0 Å². The van der Waals surface area contributed by atoms with Crippen molar-refractivity contribution < 1.29 is 9.59 Å². The summed E-state index contributed by atoms with van der Waals surface area (Å²) in [7, 11) is 0. The van der Waals surface area contributed by atoms with Crippen LogP contribution in [-0.2, 0) is 15.0 Å². The van der Waals surface area contributed by atoms with Gasteiger partial charge in [-0.25, -0.2) is 4.90 Å². The highest BCUT2D eigenvalue weighted by Gasteiger charge is 2.43. The first-order valence-corrected chi connectivity index (χ1v) is 11.6. The van der Waals surface area contributed by atoms with Crippen LogP contribution in [0.2, 0.25) is 0 Å². The van der Waals surface area contributed by atoms with E-state index < -0.39 is 0 Å². The van der Waals surface area contributed by atoms with Gasteiger partial charge in [-0.05, 0) is 72.4 Å². The topological polar surface area (TPSA) is 40.6 Å². The molecule has 2 aliphatic heterocycles. The van der Waals surface area contributed by atoms with E-state index in [0.29, 0.717) is 22.9 Å². The van der Waals surface area contributed by atoms with E-state index in [1.54, 1.807) is 0 Å². The molecule has 2 heterocycles. The Balaban J connectivity index is 1.80. The Bertz CT molecular complexity index is 1090. The van der Waals surface area contributed by atoms with E-state index in [1.165, 1.54) is 16.0 Å². The molecule has 0 bridgehead atoms. The van der Waals surface area contributed by atoms with Crippen LogP contribution in [0.15, 0.2) is 48.2 Å². The van der Waals surface area contributed by atoms with Gasteiger partial charge in [0.05, 0.1) is 11.3 Å². The van der Waals surface area contributed by atoms with Gasteiger partial charge < -0.3 is 4.90 Å². The number of hydrogen-bond acceptors (Lipinski definition) is 3. The van der Waals surface area contributed by atoms with Crippen molar-refractivity contribution in [3.05, 3.63) is 70.4 Å². The molecule has 32 heavy (non-hydrogen) atoms. The molecule has 168 valence electrons. The lowest BCUT2D eigenvalue weighted by Gasteiger charge is -2.33. The Morgan fingerprint density at radius 2 is 1.59 bits per heavy atom. The van der Waals surface area contributed by atoms with Crippen molar-refractivity contribution in [2.45, 2.75) is 59.8 Å². The number of piperidine rings is 1.